The predicted octanol–water partition coefficient (Wildman–Crippen LogP) is 1.89. The SMILES string of the molecule is CC(=O)c1c(C)[nH]c(C(=O)NC2(C(=O)NCCNC(=O)c3ccc(Cl)cc3)CCNCC2)c1C. The fourth-order valence-electron chi connectivity index (χ4n) is 4.27. The summed E-state index contributed by atoms with van der Waals surface area (Å²) in [5.41, 5.74) is 1.34. The predicted molar refractivity (Wildman–Crippen MR) is 129 cm³/mol. The topological polar surface area (TPSA) is 132 Å². The Bertz CT molecular complexity index is 1090. The van der Waals surface area contributed by atoms with Crippen molar-refractivity contribution in [3.63, 3.8) is 0 Å². The Morgan fingerprint density at radius 2 is 1.59 bits per heavy atom. The van der Waals surface area contributed by atoms with Crippen LogP contribution in [0.1, 0.15) is 62.2 Å². The molecule has 3 rings (SSSR count). The lowest BCUT2D eigenvalue weighted by Gasteiger charge is -2.37. The third kappa shape index (κ3) is 5.66. The molecule has 1 aliphatic rings. The first-order chi connectivity index (χ1) is 16.1. The van der Waals surface area contributed by atoms with Crippen LogP contribution in [0.3, 0.4) is 0 Å². The number of nitrogens with one attached hydrogen (secondary N) is 5. The number of aryl methyl sites for hydroxylation is 1. The summed E-state index contributed by atoms with van der Waals surface area (Å²) in [7, 11) is 0. The van der Waals surface area contributed by atoms with Crippen LogP contribution in [0.4, 0.5) is 0 Å². The molecule has 3 amide bonds. The number of carbonyl (C=O) groups is 4. The highest BCUT2D eigenvalue weighted by molar-refractivity contribution is 6.30. The van der Waals surface area contributed by atoms with Crippen LogP contribution in [-0.4, -0.2) is 60.2 Å². The van der Waals surface area contributed by atoms with E-state index in [1.807, 2.05) is 0 Å². The second-order valence-electron chi connectivity index (χ2n) is 8.49. The molecule has 0 radical (unpaired) electrons. The lowest BCUT2D eigenvalue weighted by atomic mass is 9.86. The summed E-state index contributed by atoms with van der Waals surface area (Å²) in [6.07, 6.45) is 0.833. The quantitative estimate of drug-likeness (QED) is 0.286. The van der Waals surface area contributed by atoms with Crippen LogP contribution in [0.25, 0.3) is 0 Å². The van der Waals surface area contributed by atoms with Crippen molar-refractivity contribution in [2.24, 2.45) is 0 Å². The van der Waals surface area contributed by atoms with Gasteiger partial charge in [0.25, 0.3) is 11.8 Å². The van der Waals surface area contributed by atoms with Crippen molar-refractivity contribution in [1.82, 2.24) is 26.3 Å². The lowest BCUT2D eigenvalue weighted by Crippen LogP contribution is -2.63. The number of ketones is 1. The molecule has 5 N–H and O–H groups in total. The fourth-order valence-corrected chi connectivity index (χ4v) is 4.40. The molecule has 0 atom stereocenters. The van der Waals surface area contributed by atoms with E-state index in [-0.39, 0.29) is 36.4 Å². The van der Waals surface area contributed by atoms with Crippen molar-refractivity contribution >= 4 is 35.1 Å². The highest BCUT2D eigenvalue weighted by Gasteiger charge is 2.41. The molecule has 0 spiro atoms. The zero-order chi connectivity index (χ0) is 24.9. The molecule has 2 heterocycles. The number of aromatic amines is 1. The minimum absolute atomic E-state index is 0.125. The van der Waals surface area contributed by atoms with Crippen LogP contribution >= 0.6 is 11.6 Å². The van der Waals surface area contributed by atoms with Crippen molar-refractivity contribution in [3.8, 4) is 0 Å². The molecule has 9 nitrogen and oxygen atoms in total. The Labute approximate surface area is 203 Å². The molecule has 10 heteroatoms. The molecule has 1 aromatic heterocycles. The van der Waals surface area contributed by atoms with Gasteiger partial charge in [-0.15, -0.1) is 0 Å². The number of hydrogen-bond donors (Lipinski definition) is 5. The van der Waals surface area contributed by atoms with Gasteiger partial charge in [-0.05, 0) is 76.5 Å². The molecule has 1 aromatic carbocycles. The summed E-state index contributed by atoms with van der Waals surface area (Å²) in [5.74, 6) is -1.13. The summed E-state index contributed by atoms with van der Waals surface area (Å²) >= 11 is 5.84. The standard InChI is InChI=1S/C24H30ClN5O4/c1-14-19(16(3)31)15(2)29-20(14)22(33)30-24(8-10-26-11-9-24)23(34)28-13-12-27-21(32)17-4-6-18(25)7-5-17/h4-7,26,29H,8-13H2,1-3H3,(H,27,32)(H,28,34)(H,30,33). The van der Waals surface area contributed by atoms with Gasteiger partial charge in [-0.2, -0.15) is 0 Å². The van der Waals surface area contributed by atoms with Gasteiger partial charge < -0.3 is 26.3 Å². The van der Waals surface area contributed by atoms with Crippen LogP contribution < -0.4 is 21.3 Å². The molecule has 0 saturated carbocycles. The lowest BCUT2D eigenvalue weighted by molar-refractivity contribution is -0.128. The molecule has 2 aromatic rings. The number of Topliss-reactive ketones (excluding diaryl/α,β-unsaturated/α-hetero) is 1. The number of amides is 3. The van der Waals surface area contributed by atoms with Crippen LogP contribution in [0, 0.1) is 13.8 Å². The summed E-state index contributed by atoms with van der Waals surface area (Å²) in [6, 6.07) is 6.51. The summed E-state index contributed by atoms with van der Waals surface area (Å²) < 4.78 is 0. The minimum Gasteiger partial charge on any atom is -0.354 e. The first kappa shape index (κ1) is 25.5. The smallest absolute Gasteiger partial charge is 0.268 e. The zero-order valence-corrected chi connectivity index (χ0v) is 20.3. The molecule has 1 saturated heterocycles. The van der Waals surface area contributed by atoms with Gasteiger partial charge in [-0.25, -0.2) is 0 Å². The van der Waals surface area contributed by atoms with Crippen molar-refractivity contribution in [2.45, 2.75) is 39.2 Å². The monoisotopic (exact) mass is 487 g/mol. The minimum atomic E-state index is -1.09. The van der Waals surface area contributed by atoms with E-state index in [1.54, 1.807) is 38.1 Å². The van der Waals surface area contributed by atoms with E-state index in [1.165, 1.54) is 6.92 Å². The maximum absolute atomic E-state index is 13.2. The van der Waals surface area contributed by atoms with Crippen LogP contribution in [-0.2, 0) is 4.79 Å². The van der Waals surface area contributed by atoms with E-state index < -0.39 is 11.4 Å². The molecule has 34 heavy (non-hydrogen) atoms. The molecular formula is C24H30ClN5O4. The van der Waals surface area contributed by atoms with Gasteiger partial charge in [0.05, 0.1) is 0 Å². The Morgan fingerprint density at radius 3 is 2.18 bits per heavy atom. The van der Waals surface area contributed by atoms with Gasteiger partial charge in [-0.3, -0.25) is 19.2 Å². The highest BCUT2D eigenvalue weighted by atomic mass is 35.5. The Balaban J connectivity index is 1.63. The number of rotatable bonds is 8. The van der Waals surface area contributed by atoms with Gasteiger partial charge in [0.2, 0.25) is 5.91 Å². The van der Waals surface area contributed by atoms with Crippen molar-refractivity contribution in [1.29, 1.82) is 0 Å². The average Bonchev–Trinajstić information content (AvgIpc) is 3.11. The van der Waals surface area contributed by atoms with Crippen molar-refractivity contribution in [2.75, 3.05) is 26.2 Å². The Kier molecular flexibility index (Phi) is 8.11. The molecule has 182 valence electrons. The van der Waals surface area contributed by atoms with Crippen LogP contribution in [0.5, 0.6) is 0 Å². The van der Waals surface area contributed by atoms with Gasteiger partial charge >= 0.3 is 0 Å². The van der Waals surface area contributed by atoms with E-state index >= 15 is 0 Å². The number of H-pyrrole nitrogens is 1. The molecule has 0 aliphatic carbocycles. The van der Waals surface area contributed by atoms with Gasteiger partial charge in [0.15, 0.2) is 5.78 Å². The fraction of sp³-hybridized carbons (Fsp3) is 0.417. The molecule has 0 bridgehead atoms. The second kappa shape index (κ2) is 10.8. The summed E-state index contributed by atoms with van der Waals surface area (Å²) in [6.45, 7) is 6.49. The second-order valence-corrected chi connectivity index (χ2v) is 8.92. The van der Waals surface area contributed by atoms with Gasteiger partial charge in [0, 0.05) is 34.9 Å². The number of halogens is 1. The van der Waals surface area contributed by atoms with Crippen LogP contribution in [0.15, 0.2) is 24.3 Å². The van der Waals surface area contributed by atoms with E-state index in [4.69, 9.17) is 11.6 Å². The van der Waals surface area contributed by atoms with Gasteiger partial charge in [-0.1, -0.05) is 11.6 Å². The first-order valence-corrected chi connectivity index (χ1v) is 11.6. The van der Waals surface area contributed by atoms with E-state index in [2.05, 4.69) is 26.3 Å². The molecule has 1 aliphatic heterocycles. The van der Waals surface area contributed by atoms with Crippen molar-refractivity contribution in [3.05, 3.63) is 57.4 Å². The van der Waals surface area contributed by atoms with E-state index in [0.717, 1.165) is 0 Å². The summed E-state index contributed by atoms with van der Waals surface area (Å²) in [5, 5.41) is 12.2. The number of carbonyl (C=O) groups excluding carboxylic acids is 4. The largest absolute Gasteiger partial charge is 0.354 e. The van der Waals surface area contributed by atoms with E-state index in [0.29, 0.717) is 53.3 Å². The molecular weight excluding hydrogens is 458 g/mol. The maximum atomic E-state index is 13.2. The third-order valence-corrected chi connectivity index (χ3v) is 6.32. The molecule has 0 unspecified atom stereocenters. The number of hydrogen-bond acceptors (Lipinski definition) is 5. The number of piperidine rings is 1. The van der Waals surface area contributed by atoms with Gasteiger partial charge in [0.1, 0.15) is 11.2 Å². The Morgan fingerprint density at radius 1 is 0.971 bits per heavy atom. The maximum Gasteiger partial charge on any atom is 0.268 e. The number of benzene rings is 1. The highest BCUT2D eigenvalue weighted by Crippen LogP contribution is 2.23. The number of aromatic nitrogens is 1. The average molecular weight is 488 g/mol. The summed E-state index contributed by atoms with van der Waals surface area (Å²) in [4.78, 5) is 53.4. The first-order valence-electron chi connectivity index (χ1n) is 11.2. The normalized spacial score (nSPS) is 14.8. The third-order valence-electron chi connectivity index (χ3n) is 6.06. The molecule has 1 fully saturated rings. The Hall–Kier alpha value is -3.17. The van der Waals surface area contributed by atoms with Crippen molar-refractivity contribution < 1.29 is 19.2 Å². The zero-order valence-electron chi connectivity index (χ0n) is 19.6. The van der Waals surface area contributed by atoms with E-state index in [9.17, 15) is 19.2 Å². The van der Waals surface area contributed by atoms with Crippen LogP contribution in [0.2, 0.25) is 5.02 Å².